The Balaban J connectivity index is 2.26. The van der Waals surface area contributed by atoms with E-state index in [9.17, 15) is 25.1 Å². The molecule has 198 valence electrons. The Morgan fingerprint density at radius 1 is 1.36 bits per heavy atom. The Kier molecular flexibility index (Phi) is 11.0. The maximum Gasteiger partial charge on any atom is 0.412 e. The standard InChI is InChI=1S/C24H35N5O7/c1-4-7-8-11-34-23(33)29-21(27-14-26)16-9-10-18(28-16)24(13-25)20(31)19(17(12-30)36-24)35-22(32)15(5-2)6-3/h9-10,14-15,17,19-20,28,30-31H,4-8,11-12H2,1-3H3,(H2,26,27,29,33)/t17-,19-,20-,24+/m1/s1. The number of aromatic nitrogens is 1. The van der Waals surface area contributed by atoms with Crippen LogP contribution in [0.25, 0.3) is 0 Å². The van der Waals surface area contributed by atoms with E-state index in [1.54, 1.807) is 0 Å². The molecular weight excluding hydrogens is 470 g/mol. The van der Waals surface area contributed by atoms with Gasteiger partial charge in [-0.2, -0.15) is 5.26 Å². The molecule has 1 aliphatic rings. The molecule has 1 aromatic rings. The summed E-state index contributed by atoms with van der Waals surface area (Å²) >= 11 is 0. The fourth-order valence-corrected chi connectivity index (χ4v) is 3.95. The van der Waals surface area contributed by atoms with E-state index in [1.807, 2.05) is 26.8 Å². The van der Waals surface area contributed by atoms with Crippen LogP contribution in [0.3, 0.4) is 0 Å². The van der Waals surface area contributed by atoms with E-state index in [0.717, 1.165) is 19.2 Å². The summed E-state index contributed by atoms with van der Waals surface area (Å²) in [5.41, 5.74) is -1.70. The first-order valence-corrected chi connectivity index (χ1v) is 12.1. The SMILES string of the molecule is CCCCCOC(=O)NC(=NC=N)c1ccc([C@]2(C#N)O[C@H](CO)[C@@H](OC(=O)C(CC)CC)[C@H]2O)[nH]1. The van der Waals surface area contributed by atoms with E-state index in [-0.39, 0.29) is 23.8 Å². The first-order chi connectivity index (χ1) is 17.3. The van der Waals surface area contributed by atoms with Crippen LogP contribution in [-0.4, -0.2) is 71.0 Å². The van der Waals surface area contributed by atoms with Crippen molar-refractivity contribution in [3.63, 3.8) is 0 Å². The minimum Gasteiger partial charge on any atom is -0.456 e. The summed E-state index contributed by atoms with van der Waals surface area (Å²) in [6.45, 7) is 5.33. The number of esters is 1. The largest absolute Gasteiger partial charge is 0.456 e. The molecule has 0 aromatic carbocycles. The van der Waals surface area contributed by atoms with Gasteiger partial charge in [-0.05, 0) is 31.4 Å². The van der Waals surface area contributed by atoms with Gasteiger partial charge in [0, 0.05) is 0 Å². The van der Waals surface area contributed by atoms with Crippen molar-refractivity contribution >= 4 is 24.2 Å². The lowest BCUT2D eigenvalue weighted by atomic mass is 9.92. The zero-order chi connectivity index (χ0) is 26.7. The van der Waals surface area contributed by atoms with Gasteiger partial charge in [0.15, 0.2) is 11.9 Å². The number of nitriles is 1. The molecule has 12 heteroatoms. The maximum absolute atomic E-state index is 12.5. The highest BCUT2D eigenvalue weighted by Gasteiger charge is 2.59. The zero-order valence-corrected chi connectivity index (χ0v) is 20.8. The number of carbonyl (C=O) groups excluding carboxylic acids is 2. The molecule has 0 radical (unpaired) electrons. The molecule has 0 saturated carbocycles. The molecule has 1 amide bonds. The molecule has 2 heterocycles. The molecule has 0 bridgehead atoms. The van der Waals surface area contributed by atoms with Gasteiger partial charge in [0.2, 0.25) is 5.60 Å². The molecule has 12 nitrogen and oxygen atoms in total. The van der Waals surface area contributed by atoms with Crippen LogP contribution in [0, 0.1) is 22.7 Å². The number of aliphatic imine (C=N–C) groups is 1. The van der Waals surface area contributed by atoms with Gasteiger partial charge < -0.3 is 29.4 Å². The second-order valence-electron chi connectivity index (χ2n) is 8.41. The summed E-state index contributed by atoms with van der Waals surface area (Å²) in [5, 5.41) is 40.6. The molecule has 1 fully saturated rings. The third kappa shape index (κ3) is 6.48. The van der Waals surface area contributed by atoms with Gasteiger partial charge >= 0.3 is 12.1 Å². The number of alkyl carbamates (subject to hydrolysis) is 1. The van der Waals surface area contributed by atoms with Crippen LogP contribution in [0.5, 0.6) is 0 Å². The van der Waals surface area contributed by atoms with Crippen molar-refractivity contribution in [2.45, 2.75) is 76.8 Å². The third-order valence-electron chi connectivity index (χ3n) is 6.09. The number of hydrogen-bond acceptors (Lipinski definition) is 9. The van der Waals surface area contributed by atoms with Gasteiger partial charge in [-0.3, -0.25) is 15.5 Å². The summed E-state index contributed by atoms with van der Waals surface area (Å²) in [6.07, 6.45) is -0.406. The molecule has 5 N–H and O–H groups in total. The molecule has 4 atom stereocenters. The lowest BCUT2D eigenvalue weighted by Gasteiger charge is -2.25. The van der Waals surface area contributed by atoms with Crippen molar-refractivity contribution in [1.29, 1.82) is 10.7 Å². The average Bonchev–Trinajstić information content (AvgIpc) is 3.47. The highest BCUT2D eigenvalue weighted by atomic mass is 16.6. The van der Waals surface area contributed by atoms with Crippen molar-refractivity contribution in [1.82, 2.24) is 10.3 Å². The van der Waals surface area contributed by atoms with E-state index in [0.29, 0.717) is 19.3 Å². The van der Waals surface area contributed by atoms with Gasteiger partial charge in [-0.25, -0.2) is 9.79 Å². The number of amides is 1. The number of carbonyl (C=O) groups is 2. The van der Waals surface area contributed by atoms with Crippen LogP contribution in [0.4, 0.5) is 4.79 Å². The molecule has 0 unspecified atom stereocenters. The quantitative estimate of drug-likeness (QED) is 0.123. The predicted octanol–water partition coefficient (Wildman–Crippen LogP) is 2.10. The first kappa shape index (κ1) is 29.0. The summed E-state index contributed by atoms with van der Waals surface area (Å²) in [4.78, 5) is 31.4. The van der Waals surface area contributed by atoms with Crippen molar-refractivity contribution in [2.24, 2.45) is 10.9 Å². The normalized spacial score (nSPS) is 23.8. The minimum atomic E-state index is -2.00. The molecular formula is C24H35N5O7. The Hall–Kier alpha value is -3.27. The average molecular weight is 506 g/mol. The Labute approximate surface area is 210 Å². The van der Waals surface area contributed by atoms with Gasteiger partial charge in [-0.1, -0.05) is 33.6 Å². The van der Waals surface area contributed by atoms with Crippen molar-refractivity contribution in [3.8, 4) is 6.07 Å². The summed E-state index contributed by atoms with van der Waals surface area (Å²) < 4.78 is 16.3. The number of unbranched alkanes of at least 4 members (excludes halogenated alkanes) is 2. The fourth-order valence-electron chi connectivity index (χ4n) is 3.95. The van der Waals surface area contributed by atoms with Crippen LogP contribution >= 0.6 is 0 Å². The Morgan fingerprint density at radius 2 is 2.08 bits per heavy atom. The van der Waals surface area contributed by atoms with Gasteiger partial charge in [0.05, 0.1) is 30.5 Å². The first-order valence-electron chi connectivity index (χ1n) is 12.1. The fraction of sp³-hybridized carbons (Fsp3) is 0.625. The number of aromatic amines is 1. The predicted molar refractivity (Wildman–Crippen MR) is 129 cm³/mol. The number of hydrogen-bond donors (Lipinski definition) is 5. The number of aliphatic hydroxyl groups excluding tert-OH is 2. The highest BCUT2D eigenvalue weighted by molar-refractivity contribution is 6.07. The van der Waals surface area contributed by atoms with E-state index >= 15 is 0 Å². The molecule has 1 aromatic heterocycles. The lowest BCUT2D eigenvalue weighted by molar-refractivity contribution is -0.161. The summed E-state index contributed by atoms with van der Waals surface area (Å²) in [5.74, 6) is -0.986. The highest BCUT2D eigenvalue weighted by Crippen LogP contribution is 2.40. The van der Waals surface area contributed by atoms with Gasteiger partial charge in [0.1, 0.15) is 24.6 Å². The molecule has 1 saturated heterocycles. The molecule has 1 aliphatic heterocycles. The van der Waals surface area contributed by atoms with E-state index < -0.39 is 48.5 Å². The monoisotopic (exact) mass is 505 g/mol. The van der Waals surface area contributed by atoms with E-state index in [4.69, 9.17) is 19.6 Å². The van der Waals surface area contributed by atoms with E-state index in [1.165, 1.54) is 12.1 Å². The van der Waals surface area contributed by atoms with Crippen LogP contribution < -0.4 is 5.32 Å². The second kappa shape index (κ2) is 13.7. The topological polar surface area (TPSA) is 190 Å². The van der Waals surface area contributed by atoms with Crippen molar-refractivity contribution < 1.29 is 34.0 Å². The number of rotatable bonds is 12. The molecule has 2 rings (SSSR count). The Morgan fingerprint density at radius 3 is 2.67 bits per heavy atom. The smallest absolute Gasteiger partial charge is 0.412 e. The van der Waals surface area contributed by atoms with Gasteiger partial charge in [0.25, 0.3) is 0 Å². The van der Waals surface area contributed by atoms with E-state index in [2.05, 4.69) is 15.3 Å². The number of nitrogens with one attached hydrogen (secondary N) is 3. The Bertz CT molecular complexity index is 968. The summed E-state index contributed by atoms with van der Waals surface area (Å²) in [7, 11) is 0. The number of ether oxygens (including phenoxy) is 3. The van der Waals surface area contributed by atoms with Crippen LogP contribution in [0.1, 0.15) is 64.3 Å². The third-order valence-corrected chi connectivity index (χ3v) is 6.09. The van der Waals surface area contributed by atoms with Crippen LogP contribution in [0.15, 0.2) is 17.1 Å². The minimum absolute atomic E-state index is 0.0484. The molecule has 0 spiro atoms. The zero-order valence-electron chi connectivity index (χ0n) is 20.8. The van der Waals surface area contributed by atoms with Crippen molar-refractivity contribution in [3.05, 3.63) is 23.5 Å². The number of amidine groups is 1. The number of nitrogens with zero attached hydrogens (tertiary/aromatic N) is 2. The van der Waals surface area contributed by atoms with Crippen LogP contribution in [0.2, 0.25) is 0 Å². The lowest BCUT2D eigenvalue weighted by Crippen LogP contribution is -2.43. The van der Waals surface area contributed by atoms with Crippen LogP contribution in [-0.2, 0) is 24.6 Å². The van der Waals surface area contributed by atoms with Gasteiger partial charge in [-0.15, -0.1) is 0 Å². The molecule has 36 heavy (non-hydrogen) atoms. The second-order valence-corrected chi connectivity index (χ2v) is 8.41. The maximum atomic E-state index is 12.5. The summed E-state index contributed by atoms with van der Waals surface area (Å²) in [6, 6.07) is 4.84. The van der Waals surface area contributed by atoms with Crippen molar-refractivity contribution in [2.75, 3.05) is 13.2 Å². The number of H-pyrrole nitrogens is 1. The number of aliphatic hydroxyl groups is 2. The molecule has 0 aliphatic carbocycles.